The van der Waals surface area contributed by atoms with Crippen molar-refractivity contribution >= 4 is 40.6 Å². The number of nitro groups is 1. The standard InChI is InChI=1S/C23H18F3N3O4S/c1-14(21(30)28-18-6-3-5-16(13-18)23(24,25)26)34-20-10-8-17(9-11-20)27-22(31)15-4-2-7-19(12-15)29(32)33/h2-14H,1H3,(H,27,31)(H,28,30). The van der Waals surface area contributed by atoms with Crippen molar-refractivity contribution in [2.45, 2.75) is 23.2 Å². The number of benzene rings is 3. The molecule has 3 rings (SSSR count). The van der Waals surface area contributed by atoms with Crippen LogP contribution in [0.2, 0.25) is 0 Å². The van der Waals surface area contributed by atoms with E-state index in [4.69, 9.17) is 0 Å². The molecule has 2 N–H and O–H groups in total. The SMILES string of the molecule is CC(Sc1ccc(NC(=O)c2cccc([N+](=O)[O-])c2)cc1)C(=O)Nc1cccc(C(F)(F)F)c1. The first kappa shape index (κ1) is 24.8. The van der Waals surface area contributed by atoms with Gasteiger partial charge < -0.3 is 10.6 Å². The minimum absolute atomic E-state index is 0.0477. The van der Waals surface area contributed by atoms with Gasteiger partial charge in [-0.15, -0.1) is 11.8 Å². The summed E-state index contributed by atoms with van der Waals surface area (Å²) in [5.74, 6) is -0.981. The third-order valence-corrected chi connectivity index (χ3v) is 5.68. The molecular formula is C23H18F3N3O4S. The van der Waals surface area contributed by atoms with E-state index in [2.05, 4.69) is 10.6 Å². The summed E-state index contributed by atoms with van der Waals surface area (Å²) >= 11 is 1.19. The molecule has 0 radical (unpaired) electrons. The van der Waals surface area contributed by atoms with Crippen LogP contribution in [0.3, 0.4) is 0 Å². The second kappa shape index (κ2) is 10.4. The molecule has 0 aromatic heterocycles. The van der Waals surface area contributed by atoms with E-state index in [-0.39, 0.29) is 16.9 Å². The Kier molecular flexibility index (Phi) is 7.57. The molecule has 0 aliphatic heterocycles. The fraction of sp³-hybridized carbons (Fsp3) is 0.130. The summed E-state index contributed by atoms with van der Waals surface area (Å²) in [5, 5.41) is 15.4. The molecule has 11 heteroatoms. The first-order valence-electron chi connectivity index (χ1n) is 9.83. The van der Waals surface area contributed by atoms with Crippen LogP contribution in [0.5, 0.6) is 0 Å². The summed E-state index contributed by atoms with van der Waals surface area (Å²) in [6.45, 7) is 1.62. The lowest BCUT2D eigenvalue weighted by atomic mass is 10.2. The summed E-state index contributed by atoms with van der Waals surface area (Å²) in [5.41, 5.74) is -0.425. The van der Waals surface area contributed by atoms with Crippen LogP contribution in [-0.4, -0.2) is 22.0 Å². The molecular weight excluding hydrogens is 471 g/mol. The van der Waals surface area contributed by atoms with Crippen molar-refractivity contribution in [2.24, 2.45) is 0 Å². The Morgan fingerprint density at radius 3 is 2.26 bits per heavy atom. The van der Waals surface area contributed by atoms with Crippen LogP contribution in [0.25, 0.3) is 0 Å². The largest absolute Gasteiger partial charge is 0.416 e. The molecule has 0 bridgehead atoms. The maximum Gasteiger partial charge on any atom is 0.416 e. The minimum Gasteiger partial charge on any atom is -0.325 e. The van der Waals surface area contributed by atoms with Crippen molar-refractivity contribution in [1.82, 2.24) is 0 Å². The number of thioether (sulfide) groups is 1. The lowest BCUT2D eigenvalue weighted by Crippen LogP contribution is -2.22. The van der Waals surface area contributed by atoms with Gasteiger partial charge >= 0.3 is 6.18 Å². The van der Waals surface area contributed by atoms with Crippen molar-refractivity contribution in [3.8, 4) is 0 Å². The van der Waals surface area contributed by atoms with Gasteiger partial charge in [0.1, 0.15) is 0 Å². The van der Waals surface area contributed by atoms with Crippen LogP contribution in [0.15, 0.2) is 77.7 Å². The molecule has 1 unspecified atom stereocenters. The number of rotatable bonds is 7. The molecule has 0 saturated heterocycles. The molecule has 176 valence electrons. The zero-order valence-corrected chi connectivity index (χ0v) is 18.4. The predicted octanol–water partition coefficient (Wildman–Crippen LogP) is 5.99. The fourth-order valence-corrected chi connectivity index (χ4v) is 3.72. The Morgan fingerprint density at radius 2 is 1.62 bits per heavy atom. The molecule has 0 saturated carbocycles. The maximum atomic E-state index is 12.8. The van der Waals surface area contributed by atoms with E-state index in [1.807, 2.05) is 0 Å². The van der Waals surface area contributed by atoms with Crippen LogP contribution in [0, 0.1) is 10.1 Å². The van der Waals surface area contributed by atoms with E-state index in [9.17, 15) is 32.9 Å². The number of alkyl halides is 3. The van der Waals surface area contributed by atoms with Crippen molar-refractivity contribution in [3.63, 3.8) is 0 Å². The molecule has 0 aliphatic carbocycles. The Balaban J connectivity index is 1.59. The van der Waals surface area contributed by atoms with Gasteiger partial charge in [-0.2, -0.15) is 13.2 Å². The van der Waals surface area contributed by atoms with Gasteiger partial charge in [0.2, 0.25) is 5.91 Å². The number of nitrogens with one attached hydrogen (secondary N) is 2. The van der Waals surface area contributed by atoms with E-state index in [1.54, 1.807) is 31.2 Å². The van der Waals surface area contributed by atoms with Crippen molar-refractivity contribution < 1.29 is 27.7 Å². The highest BCUT2D eigenvalue weighted by atomic mass is 32.2. The molecule has 1 atom stereocenters. The number of nitro benzene ring substituents is 1. The number of carbonyl (C=O) groups excluding carboxylic acids is 2. The second-order valence-corrected chi connectivity index (χ2v) is 8.53. The van der Waals surface area contributed by atoms with Crippen LogP contribution < -0.4 is 10.6 Å². The number of nitrogens with zero attached hydrogens (tertiary/aromatic N) is 1. The van der Waals surface area contributed by atoms with E-state index in [0.717, 1.165) is 12.1 Å². The van der Waals surface area contributed by atoms with Gasteiger partial charge in [-0.25, -0.2) is 0 Å². The van der Waals surface area contributed by atoms with Gasteiger partial charge in [-0.1, -0.05) is 12.1 Å². The van der Waals surface area contributed by atoms with Crippen molar-refractivity contribution in [3.05, 3.63) is 94.0 Å². The first-order valence-corrected chi connectivity index (χ1v) is 10.7. The van der Waals surface area contributed by atoms with Gasteiger partial charge in [0, 0.05) is 34.0 Å². The number of hydrogen-bond acceptors (Lipinski definition) is 5. The normalized spacial score (nSPS) is 12.0. The summed E-state index contributed by atoms with van der Waals surface area (Å²) in [7, 11) is 0. The zero-order chi connectivity index (χ0) is 24.9. The Labute approximate surface area is 196 Å². The second-order valence-electron chi connectivity index (χ2n) is 7.11. The maximum absolute atomic E-state index is 12.8. The average Bonchev–Trinajstić information content (AvgIpc) is 2.80. The number of anilines is 2. The van der Waals surface area contributed by atoms with Gasteiger partial charge in [0.25, 0.3) is 11.6 Å². The number of hydrogen-bond donors (Lipinski definition) is 2. The van der Waals surface area contributed by atoms with E-state index in [1.165, 1.54) is 48.2 Å². The monoisotopic (exact) mass is 489 g/mol. The number of halogens is 3. The number of carbonyl (C=O) groups is 2. The van der Waals surface area contributed by atoms with Gasteiger partial charge in [-0.3, -0.25) is 19.7 Å². The summed E-state index contributed by atoms with van der Waals surface area (Å²) in [6, 6.07) is 16.3. The van der Waals surface area contributed by atoms with Gasteiger partial charge in [0.15, 0.2) is 0 Å². The zero-order valence-electron chi connectivity index (χ0n) is 17.6. The van der Waals surface area contributed by atoms with Gasteiger partial charge in [-0.05, 0) is 55.5 Å². The third-order valence-electron chi connectivity index (χ3n) is 4.57. The summed E-state index contributed by atoms with van der Waals surface area (Å²) in [6.07, 6.45) is -4.51. The van der Waals surface area contributed by atoms with Gasteiger partial charge in [0.05, 0.1) is 15.7 Å². The fourth-order valence-electron chi connectivity index (χ4n) is 2.86. The quantitative estimate of drug-likeness (QED) is 0.241. The first-order chi connectivity index (χ1) is 16.0. The summed E-state index contributed by atoms with van der Waals surface area (Å²) in [4.78, 5) is 35.7. The highest BCUT2D eigenvalue weighted by molar-refractivity contribution is 8.00. The Bertz CT molecular complexity index is 1220. The van der Waals surface area contributed by atoms with Crippen LogP contribution >= 0.6 is 11.8 Å². The molecule has 0 fully saturated rings. The smallest absolute Gasteiger partial charge is 0.325 e. The summed E-state index contributed by atoms with van der Waals surface area (Å²) < 4.78 is 38.5. The van der Waals surface area contributed by atoms with Crippen LogP contribution in [-0.2, 0) is 11.0 Å². The number of amides is 2. The molecule has 7 nitrogen and oxygen atoms in total. The van der Waals surface area contributed by atoms with Crippen LogP contribution in [0.1, 0.15) is 22.8 Å². The highest BCUT2D eigenvalue weighted by Gasteiger charge is 2.30. The lowest BCUT2D eigenvalue weighted by Gasteiger charge is -2.14. The topological polar surface area (TPSA) is 101 Å². The van der Waals surface area contributed by atoms with E-state index >= 15 is 0 Å². The van der Waals surface area contributed by atoms with E-state index < -0.39 is 33.7 Å². The molecule has 3 aromatic carbocycles. The molecule has 34 heavy (non-hydrogen) atoms. The number of non-ortho nitro benzene ring substituents is 1. The Hall–Kier alpha value is -3.86. The third kappa shape index (κ3) is 6.58. The van der Waals surface area contributed by atoms with E-state index in [0.29, 0.717) is 10.6 Å². The molecule has 0 spiro atoms. The molecule has 2 amide bonds. The van der Waals surface area contributed by atoms with Crippen molar-refractivity contribution in [1.29, 1.82) is 0 Å². The molecule has 3 aromatic rings. The minimum atomic E-state index is -4.51. The predicted molar refractivity (Wildman–Crippen MR) is 123 cm³/mol. The average molecular weight is 489 g/mol. The lowest BCUT2D eigenvalue weighted by molar-refractivity contribution is -0.384. The Morgan fingerprint density at radius 1 is 0.941 bits per heavy atom. The van der Waals surface area contributed by atoms with Crippen molar-refractivity contribution in [2.75, 3.05) is 10.6 Å². The molecule has 0 heterocycles. The van der Waals surface area contributed by atoms with Crippen LogP contribution in [0.4, 0.5) is 30.2 Å². The molecule has 0 aliphatic rings. The highest BCUT2D eigenvalue weighted by Crippen LogP contribution is 2.31.